The third-order valence-corrected chi connectivity index (χ3v) is 14.3. The smallest absolute Gasteiger partial charge is 0.407 e. The number of amides is 4. The molecule has 1 unspecified atom stereocenters. The van der Waals surface area contributed by atoms with Crippen molar-refractivity contribution in [3.8, 4) is 11.1 Å². The van der Waals surface area contributed by atoms with Gasteiger partial charge in [-0.25, -0.2) is 14.6 Å². The molecule has 4 aliphatic rings. The number of likely N-dealkylation sites (tertiary alicyclic amines) is 2. The number of piperidine rings is 1. The number of nitrogens with one attached hydrogen (secondary N) is 3. The van der Waals surface area contributed by atoms with Crippen LogP contribution < -0.4 is 10.6 Å². The van der Waals surface area contributed by atoms with Crippen molar-refractivity contribution in [1.29, 1.82) is 0 Å². The molecule has 3 fully saturated rings. The van der Waals surface area contributed by atoms with Gasteiger partial charge in [0.15, 0.2) is 0 Å². The highest BCUT2D eigenvalue weighted by atomic mass is 16.5. The summed E-state index contributed by atoms with van der Waals surface area (Å²) in [5.74, 6) is 0.777. The van der Waals surface area contributed by atoms with E-state index in [-0.39, 0.29) is 47.7 Å². The van der Waals surface area contributed by atoms with Crippen LogP contribution in [-0.4, -0.2) is 102 Å². The van der Waals surface area contributed by atoms with Gasteiger partial charge < -0.3 is 39.6 Å². The van der Waals surface area contributed by atoms with Crippen LogP contribution in [0.25, 0.3) is 43.7 Å². The summed E-state index contributed by atoms with van der Waals surface area (Å²) >= 11 is 0. The lowest BCUT2D eigenvalue weighted by Gasteiger charge is -2.32. The minimum atomic E-state index is -0.884. The van der Waals surface area contributed by atoms with Gasteiger partial charge in [-0.05, 0) is 93.8 Å². The van der Waals surface area contributed by atoms with E-state index in [2.05, 4.69) is 83.2 Å². The molecule has 10 rings (SSSR count). The zero-order chi connectivity index (χ0) is 46.0. The Morgan fingerprint density at radius 3 is 2.20 bits per heavy atom. The number of carbonyl (C=O) groups is 4. The number of nitrogens with zero attached hydrogens (tertiary/aromatic N) is 4. The topological polar surface area (TPSA) is 168 Å². The van der Waals surface area contributed by atoms with Crippen molar-refractivity contribution in [1.82, 2.24) is 30.4 Å². The van der Waals surface area contributed by atoms with Gasteiger partial charge in [0.2, 0.25) is 5.91 Å². The van der Waals surface area contributed by atoms with E-state index < -0.39 is 24.3 Å². The average molecular weight is 890 g/mol. The Morgan fingerprint density at radius 2 is 1.48 bits per heavy atom. The molecule has 4 amide bonds. The zero-order valence-electron chi connectivity index (χ0n) is 38.0. The van der Waals surface area contributed by atoms with Gasteiger partial charge in [-0.15, -0.1) is 0 Å². The van der Waals surface area contributed by atoms with E-state index >= 15 is 0 Å². The largest absolute Gasteiger partial charge is 0.453 e. The summed E-state index contributed by atoms with van der Waals surface area (Å²) in [4.78, 5) is 71.0. The second kappa shape index (κ2) is 17.2. The van der Waals surface area contributed by atoms with E-state index in [4.69, 9.17) is 24.2 Å². The quantitative estimate of drug-likeness (QED) is 0.116. The van der Waals surface area contributed by atoms with Crippen LogP contribution in [0.5, 0.6) is 0 Å². The van der Waals surface area contributed by atoms with Gasteiger partial charge in [-0.2, -0.15) is 0 Å². The number of H-pyrrole nitrogens is 1. The molecule has 340 valence electrons. The Balaban J connectivity index is 0.908. The van der Waals surface area contributed by atoms with Crippen LogP contribution in [0.15, 0.2) is 96.0 Å². The van der Waals surface area contributed by atoms with Gasteiger partial charge in [0, 0.05) is 42.6 Å². The van der Waals surface area contributed by atoms with Crippen molar-refractivity contribution in [2.24, 2.45) is 22.7 Å². The van der Waals surface area contributed by atoms with Crippen LogP contribution in [0, 0.1) is 17.8 Å². The predicted octanol–water partition coefficient (Wildman–Crippen LogP) is 8.73. The molecule has 66 heavy (non-hydrogen) atoms. The highest BCUT2D eigenvalue weighted by Gasteiger charge is 2.56. The van der Waals surface area contributed by atoms with Crippen molar-refractivity contribution in [2.75, 3.05) is 34.5 Å². The maximum Gasteiger partial charge on any atom is 0.407 e. The van der Waals surface area contributed by atoms with Gasteiger partial charge in [-0.3, -0.25) is 14.6 Å². The number of rotatable bonds is 11. The van der Waals surface area contributed by atoms with Gasteiger partial charge in [-0.1, -0.05) is 87.5 Å². The molecule has 1 aromatic heterocycles. The molecule has 0 bridgehead atoms. The van der Waals surface area contributed by atoms with Crippen LogP contribution in [0.3, 0.4) is 0 Å². The standard InChI is InChI=1S/C52H55N7O7/c1-27(2)44(56-51(62)65-5)49(60)58-25-29(26-64-4)20-41(58)45-28(3)43-36-16-12-31(21-33(36)14-18-38(43)53-45)32-13-17-37-34(22-32)15-19-39-47(37)55-48(54-39)42-24-35-23-40(35)59(42)50(61)46(57-52(63)66-6)30-10-8-7-9-11-30/h7-19,21-22,27-29,35,40-42,44,46H,20,23-26H2,1-6H3,(H,54,55)(H,56,62)(H,57,63)/t28?,29-,35+,40+,41-,42-,44-,46+/m0/s1. The minimum Gasteiger partial charge on any atom is -0.453 e. The van der Waals surface area contributed by atoms with Crippen molar-refractivity contribution in [3.05, 3.63) is 108 Å². The van der Waals surface area contributed by atoms with Gasteiger partial charge in [0.25, 0.3) is 5.91 Å². The second-order valence-corrected chi connectivity index (χ2v) is 18.7. The maximum absolute atomic E-state index is 14.4. The number of fused-ring (bicyclic) bond motifs is 7. The van der Waals surface area contributed by atoms with Crippen molar-refractivity contribution < 1.29 is 33.4 Å². The fraction of sp³-hybridized carbons (Fsp3) is 0.385. The minimum absolute atomic E-state index is 0.0361. The predicted molar refractivity (Wildman–Crippen MR) is 253 cm³/mol. The van der Waals surface area contributed by atoms with Crippen LogP contribution in [0.4, 0.5) is 15.3 Å². The number of hydrogen-bond acceptors (Lipinski definition) is 9. The molecule has 0 spiro atoms. The first kappa shape index (κ1) is 43.1. The molecule has 1 saturated carbocycles. The summed E-state index contributed by atoms with van der Waals surface area (Å²) in [5, 5.41) is 9.84. The summed E-state index contributed by atoms with van der Waals surface area (Å²) < 4.78 is 15.3. The summed E-state index contributed by atoms with van der Waals surface area (Å²) in [5.41, 5.74) is 7.62. The fourth-order valence-electron chi connectivity index (χ4n) is 10.9. The highest BCUT2D eigenvalue weighted by Crippen LogP contribution is 2.54. The second-order valence-electron chi connectivity index (χ2n) is 18.7. The zero-order valence-corrected chi connectivity index (χ0v) is 38.0. The highest BCUT2D eigenvalue weighted by molar-refractivity contribution is 6.09. The summed E-state index contributed by atoms with van der Waals surface area (Å²) in [6.07, 6.45) is 1.17. The number of alkyl carbamates (subject to hydrolysis) is 2. The number of carbonyl (C=O) groups excluding carboxylic acids is 4. The number of hydrogen-bond donors (Lipinski definition) is 3. The number of benzene rings is 5. The maximum atomic E-state index is 14.4. The molecule has 6 aromatic rings. The Hall–Kier alpha value is -6.80. The molecule has 2 saturated heterocycles. The molecule has 1 aliphatic carbocycles. The third-order valence-electron chi connectivity index (χ3n) is 14.3. The average Bonchev–Trinajstić information content (AvgIpc) is 3.67. The molecule has 3 aliphatic heterocycles. The number of aromatic amines is 1. The van der Waals surface area contributed by atoms with Crippen LogP contribution >= 0.6 is 0 Å². The summed E-state index contributed by atoms with van der Waals surface area (Å²) in [6, 6.07) is 28.7. The Bertz CT molecular complexity index is 2930. The molecule has 14 nitrogen and oxygen atoms in total. The molecular weight excluding hydrogens is 835 g/mol. The Labute approximate surface area is 383 Å². The van der Waals surface area contributed by atoms with E-state index in [0.717, 1.165) is 85.8 Å². The van der Waals surface area contributed by atoms with Crippen LogP contribution in [0.2, 0.25) is 0 Å². The van der Waals surface area contributed by atoms with E-state index in [9.17, 15) is 19.2 Å². The lowest BCUT2D eigenvalue weighted by atomic mass is 9.87. The van der Waals surface area contributed by atoms with Gasteiger partial charge in [0.05, 0.1) is 49.6 Å². The van der Waals surface area contributed by atoms with Gasteiger partial charge in [0.1, 0.15) is 17.9 Å². The number of methoxy groups -OCH3 is 3. The normalized spacial score (nSPS) is 22.9. The van der Waals surface area contributed by atoms with E-state index in [1.54, 1.807) is 7.11 Å². The number of aromatic nitrogens is 2. The van der Waals surface area contributed by atoms with Crippen LogP contribution in [-0.2, 0) is 23.8 Å². The molecular formula is C52H55N7O7. The fourth-order valence-corrected chi connectivity index (χ4v) is 10.9. The molecule has 4 heterocycles. The Morgan fingerprint density at radius 1 is 0.788 bits per heavy atom. The lowest BCUT2D eigenvalue weighted by Crippen LogP contribution is -2.54. The van der Waals surface area contributed by atoms with Crippen molar-refractivity contribution >= 4 is 68.0 Å². The van der Waals surface area contributed by atoms with Crippen molar-refractivity contribution in [3.63, 3.8) is 0 Å². The summed E-state index contributed by atoms with van der Waals surface area (Å²) in [7, 11) is 4.28. The number of aliphatic imine (C=N–C) groups is 1. The molecule has 14 heteroatoms. The monoisotopic (exact) mass is 889 g/mol. The van der Waals surface area contributed by atoms with Gasteiger partial charge >= 0.3 is 12.2 Å². The molecule has 8 atom stereocenters. The number of ether oxygens (including phenoxy) is 3. The third kappa shape index (κ3) is 7.60. The SMILES string of the molecule is COC[C@H]1C[C@@H](C2=Nc3ccc4cc(-c5ccc6c(ccc7[nH]c([C@@H]8C[C@H]9C[C@H]9N8C(=O)[C@H](NC(=O)OC)c8ccccc8)nc76)c5)ccc4c3C2C)N(C(=O)[C@@H](NC(=O)OC)C(C)C)C1. The first-order chi connectivity index (χ1) is 32.0. The van der Waals surface area contributed by atoms with E-state index in [1.165, 1.54) is 14.2 Å². The first-order valence-electron chi connectivity index (χ1n) is 22.9. The number of imidazole rings is 1. The Kier molecular flexibility index (Phi) is 11.2. The summed E-state index contributed by atoms with van der Waals surface area (Å²) in [6.45, 7) is 7.06. The van der Waals surface area contributed by atoms with E-state index in [1.807, 2.05) is 54.0 Å². The molecule has 0 radical (unpaired) electrons. The van der Waals surface area contributed by atoms with E-state index in [0.29, 0.717) is 24.6 Å². The first-order valence-corrected chi connectivity index (χ1v) is 22.9. The molecule has 5 aromatic carbocycles. The van der Waals surface area contributed by atoms with Crippen molar-refractivity contribution in [2.45, 2.75) is 76.2 Å². The van der Waals surface area contributed by atoms with Crippen LogP contribution in [0.1, 0.15) is 75.0 Å². The molecule has 3 N–H and O–H groups in total. The lowest BCUT2D eigenvalue weighted by molar-refractivity contribution is -0.136.